The first-order valence-electron chi connectivity index (χ1n) is 5.48. The van der Waals surface area contributed by atoms with Crippen LogP contribution in [0.15, 0.2) is 30.9 Å². The smallest absolute Gasteiger partial charge is 0.385 e. The van der Waals surface area contributed by atoms with Gasteiger partial charge in [0.15, 0.2) is 0 Å². The number of unbranched alkanes of at least 4 members (excludes halogenated alkanes) is 1. The zero-order chi connectivity index (χ0) is 12.9. The molecule has 0 saturated heterocycles. The lowest BCUT2D eigenvalue weighted by molar-refractivity contribution is -0.137. The number of hydrogen-bond acceptors (Lipinski definition) is 1. The SMILES string of the molecule is C=CCCCNc1cc(C(F)(F)F)ccc1C. The van der Waals surface area contributed by atoms with Crippen molar-refractivity contribution in [3.8, 4) is 0 Å². The van der Waals surface area contributed by atoms with Gasteiger partial charge in [-0.3, -0.25) is 0 Å². The standard InChI is InChI=1S/C13H16F3N/c1-3-4-5-8-17-12-9-11(13(14,15)16)7-6-10(12)2/h3,6-7,9,17H,1,4-5,8H2,2H3. The van der Waals surface area contributed by atoms with Gasteiger partial charge in [-0.15, -0.1) is 6.58 Å². The molecule has 1 aromatic rings. The lowest BCUT2D eigenvalue weighted by atomic mass is 10.1. The predicted octanol–water partition coefficient (Wildman–Crippen LogP) is 4.39. The maximum atomic E-state index is 12.5. The van der Waals surface area contributed by atoms with E-state index in [1.807, 2.05) is 0 Å². The molecule has 0 spiro atoms. The Balaban J connectivity index is 2.73. The maximum Gasteiger partial charge on any atom is 0.416 e. The zero-order valence-electron chi connectivity index (χ0n) is 9.77. The lowest BCUT2D eigenvalue weighted by Crippen LogP contribution is -2.08. The summed E-state index contributed by atoms with van der Waals surface area (Å²) >= 11 is 0. The highest BCUT2D eigenvalue weighted by Crippen LogP contribution is 2.31. The van der Waals surface area contributed by atoms with Crippen molar-refractivity contribution in [2.24, 2.45) is 0 Å². The van der Waals surface area contributed by atoms with Gasteiger partial charge < -0.3 is 5.32 Å². The highest BCUT2D eigenvalue weighted by molar-refractivity contribution is 5.53. The van der Waals surface area contributed by atoms with E-state index >= 15 is 0 Å². The van der Waals surface area contributed by atoms with Gasteiger partial charge >= 0.3 is 6.18 Å². The van der Waals surface area contributed by atoms with E-state index in [1.165, 1.54) is 6.07 Å². The van der Waals surface area contributed by atoms with Crippen LogP contribution in [0.1, 0.15) is 24.0 Å². The summed E-state index contributed by atoms with van der Waals surface area (Å²) in [5, 5.41) is 3.01. The number of hydrogen-bond donors (Lipinski definition) is 1. The molecule has 0 aromatic heterocycles. The molecule has 1 nitrogen and oxygen atoms in total. The molecular weight excluding hydrogens is 227 g/mol. The molecule has 0 aliphatic rings. The van der Waals surface area contributed by atoms with E-state index in [1.54, 1.807) is 13.0 Å². The summed E-state index contributed by atoms with van der Waals surface area (Å²) in [6.45, 7) is 6.03. The fraction of sp³-hybridized carbons (Fsp3) is 0.385. The molecule has 0 unspecified atom stereocenters. The number of rotatable bonds is 5. The van der Waals surface area contributed by atoms with E-state index in [0.717, 1.165) is 30.5 Å². The Morgan fingerprint density at radius 1 is 1.35 bits per heavy atom. The van der Waals surface area contributed by atoms with E-state index in [0.29, 0.717) is 12.2 Å². The highest BCUT2D eigenvalue weighted by atomic mass is 19.4. The van der Waals surface area contributed by atoms with Gasteiger partial charge in [0, 0.05) is 12.2 Å². The molecule has 0 amide bonds. The van der Waals surface area contributed by atoms with Gasteiger partial charge in [0.2, 0.25) is 0 Å². The van der Waals surface area contributed by atoms with Crippen LogP contribution in [-0.2, 0) is 6.18 Å². The topological polar surface area (TPSA) is 12.0 Å². The van der Waals surface area contributed by atoms with Crippen LogP contribution in [0.3, 0.4) is 0 Å². The third kappa shape index (κ3) is 4.13. The minimum absolute atomic E-state index is 0.545. The Hall–Kier alpha value is -1.45. The van der Waals surface area contributed by atoms with Gasteiger partial charge in [-0.25, -0.2) is 0 Å². The normalized spacial score (nSPS) is 11.3. The number of halogens is 3. The van der Waals surface area contributed by atoms with Crippen molar-refractivity contribution in [3.05, 3.63) is 42.0 Å². The Kier molecular flexibility index (Phi) is 4.61. The first kappa shape index (κ1) is 13.6. The van der Waals surface area contributed by atoms with Gasteiger partial charge in [-0.1, -0.05) is 12.1 Å². The predicted molar refractivity (Wildman–Crippen MR) is 64.1 cm³/mol. The van der Waals surface area contributed by atoms with Crippen LogP contribution in [0.5, 0.6) is 0 Å². The molecule has 0 saturated carbocycles. The van der Waals surface area contributed by atoms with E-state index < -0.39 is 11.7 Å². The first-order chi connectivity index (χ1) is 7.95. The minimum atomic E-state index is -4.29. The van der Waals surface area contributed by atoms with Crippen molar-refractivity contribution in [1.29, 1.82) is 0 Å². The zero-order valence-corrected chi connectivity index (χ0v) is 9.77. The molecule has 0 radical (unpaired) electrons. The van der Waals surface area contributed by atoms with Gasteiger partial charge in [-0.2, -0.15) is 13.2 Å². The van der Waals surface area contributed by atoms with Crippen LogP contribution in [0, 0.1) is 6.92 Å². The molecule has 17 heavy (non-hydrogen) atoms. The lowest BCUT2D eigenvalue weighted by Gasteiger charge is -2.13. The van der Waals surface area contributed by atoms with Crippen LogP contribution in [0.2, 0.25) is 0 Å². The Labute approximate surface area is 99.3 Å². The molecule has 1 rings (SSSR count). The third-order valence-electron chi connectivity index (χ3n) is 2.47. The average Bonchev–Trinajstić information content (AvgIpc) is 2.25. The van der Waals surface area contributed by atoms with Crippen LogP contribution >= 0.6 is 0 Å². The van der Waals surface area contributed by atoms with Crippen LogP contribution in [0.25, 0.3) is 0 Å². The number of allylic oxidation sites excluding steroid dienone is 1. The summed E-state index contributed by atoms with van der Waals surface area (Å²) in [4.78, 5) is 0. The second kappa shape index (κ2) is 5.75. The fourth-order valence-corrected chi connectivity index (χ4v) is 1.46. The summed E-state index contributed by atoms with van der Waals surface area (Å²) in [6.07, 6.45) is -0.782. The van der Waals surface area contributed by atoms with Crippen molar-refractivity contribution in [2.75, 3.05) is 11.9 Å². The Morgan fingerprint density at radius 3 is 2.65 bits per heavy atom. The quantitative estimate of drug-likeness (QED) is 0.597. The van der Waals surface area contributed by atoms with E-state index in [-0.39, 0.29) is 0 Å². The van der Waals surface area contributed by atoms with Crippen LogP contribution in [-0.4, -0.2) is 6.54 Å². The van der Waals surface area contributed by atoms with E-state index in [9.17, 15) is 13.2 Å². The number of benzene rings is 1. The van der Waals surface area contributed by atoms with Crippen molar-refractivity contribution >= 4 is 5.69 Å². The molecule has 0 fully saturated rings. The van der Waals surface area contributed by atoms with Crippen LogP contribution < -0.4 is 5.32 Å². The largest absolute Gasteiger partial charge is 0.416 e. The first-order valence-corrected chi connectivity index (χ1v) is 5.48. The number of nitrogens with one attached hydrogen (secondary N) is 1. The fourth-order valence-electron chi connectivity index (χ4n) is 1.46. The molecule has 94 valence electrons. The summed E-state index contributed by atoms with van der Waals surface area (Å²) in [5.41, 5.74) is 0.745. The Bertz CT molecular complexity index is 383. The number of anilines is 1. The van der Waals surface area contributed by atoms with Crippen molar-refractivity contribution < 1.29 is 13.2 Å². The number of aryl methyl sites for hydroxylation is 1. The average molecular weight is 243 g/mol. The van der Waals surface area contributed by atoms with Crippen LogP contribution in [0.4, 0.5) is 18.9 Å². The molecule has 0 atom stereocenters. The van der Waals surface area contributed by atoms with Gasteiger partial charge in [0.25, 0.3) is 0 Å². The molecule has 1 aromatic carbocycles. The van der Waals surface area contributed by atoms with Gasteiger partial charge in [0.1, 0.15) is 0 Å². The molecule has 0 aliphatic heterocycles. The van der Waals surface area contributed by atoms with Crippen molar-refractivity contribution in [2.45, 2.75) is 25.9 Å². The third-order valence-corrected chi connectivity index (χ3v) is 2.47. The second-order valence-corrected chi connectivity index (χ2v) is 3.89. The molecule has 0 heterocycles. The summed E-state index contributed by atoms with van der Waals surface area (Å²) in [6, 6.07) is 3.74. The molecule has 4 heteroatoms. The molecule has 0 aliphatic carbocycles. The molecule has 0 bridgehead atoms. The molecular formula is C13H16F3N. The van der Waals surface area contributed by atoms with Crippen molar-refractivity contribution in [3.63, 3.8) is 0 Å². The summed E-state index contributed by atoms with van der Waals surface area (Å²) < 4.78 is 37.5. The summed E-state index contributed by atoms with van der Waals surface area (Å²) in [5.74, 6) is 0. The minimum Gasteiger partial charge on any atom is -0.385 e. The van der Waals surface area contributed by atoms with E-state index in [4.69, 9.17) is 0 Å². The number of alkyl halides is 3. The highest BCUT2D eigenvalue weighted by Gasteiger charge is 2.30. The van der Waals surface area contributed by atoms with E-state index in [2.05, 4.69) is 11.9 Å². The second-order valence-electron chi connectivity index (χ2n) is 3.89. The van der Waals surface area contributed by atoms with Gasteiger partial charge in [0.05, 0.1) is 5.56 Å². The monoisotopic (exact) mass is 243 g/mol. The summed E-state index contributed by atoms with van der Waals surface area (Å²) in [7, 11) is 0. The maximum absolute atomic E-state index is 12.5. The Morgan fingerprint density at radius 2 is 2.06 bits per heavy atom. The van der Waals surface area contributed by atoms with Gasteiger partial charge in [-0.05, 0) is 37.5 Å². The van der Waals surface area contributed by atoms with Crippen molar-refractivity contribution in [1.82, 2.24) is 0 Å². The molecule has 1 N–H and O–H groups in total.